The van der Waals surface area contributed by atoms with Gasteiger partial charge in [0.25, 0.3) is 6.43 Å². The van der Waals surface area contributed by atoms with E-state index in [2.05, 4.69) is 20.9 Å². The van der Waals surface area contributed by atoms with E-state index in [-0.39, 0.29) is 12.2 Å². The molecule has 0 saturated heterocycles. The summed E-state index contributed by atoms with van der Waals surface area (Å²) >= 11 is 4.99. The predicted molar refractivity (Wildman–Crippen MR) is 57.5 cm³/mol. The van der Waals surface area contributed by atoms with Crippen molar-refractivity contribution >= 4 is 38.5 Å². The quantitative estimate of drug-likeness (QED) is 0.821. The molecular formula is C7H6BrF2IN2. The Hall–Kier alpha value is 0.180. The van der Waals surface area contributed by atoms with E-state index in [1.807, 2.05) is 22.6 Å². The molecule has 0 aliphatic heterocycles. The largest absolute Gasteiger partial charge is 0.325 e. The first kappa shape index (κ1) is 11.3. The Morgan fingerprint density at radius 3 is 2.69 bits per heavy atom. The lowest BCUT2D eigenvalue weighted by Gasteiger charge is -2.06. The topological polar surface area (TPSA) is 38.9 Å². The second-order valence-electron chi connectivity index (χ2n) is 2.30. The third-order valence-electron chi connectivity index (χ3n) is 1.41. The van der Waals surface area contributed by atoms with E-state index in [0.717, 1.165) is 0 Å². The van der Waals surface area contributed by atoms with Crippen LogP contribution in [0.5, 0.6) is 0 Å². The lowest BCUT2D eigenvalue weighted by atomic mass is 10.3. The Morgan fingerprint density at radius 1 is 1.62 bits per heavy atom. The molecule has 1 aromatic heterocycles. The van der Waals surface area contributed by atoms with Gasteiger partial charge in [-0.05, 0) is 44.6 Å². The number of nitrogens with two attached hydrogens (primary N) is 1. The van der Waals surface area contributed by atoms with E-state index in [9.17, 15) is 8.78 Å². The summed E-state index contributed by atoms with van der Waals surface area (Å²) in [6, 6.07) is 1.65. The van der Waals surface area contributed by atoms with Gasteiger partial charge in [0.1, 0.15) is 5.69 Å². The fourth-order valence-corrected chi connectivity index (χ4v) is 1.80. The van der Waals surface area contributed by atoms with Crippen molar-refractivity contribution in [2.45, 2.75) is 13.0 Å². The number of hydrogen-bond acceptors (Lipinski definition) is 2. The van der Waals surface area contributed by atoms with Crippen molar-refractivity contribution in [3.05, 3.63) is 25.5 Å². The Morgan fingerprint density at radius 2 is 2.23 bits per heavy atom. The van der Waals surface area contributed by atoms with Gasteiger partial charge in [0.15, 0.2) is 0 Å². The molecule has 72 valence electrons. The molecule has 0 atom stereocenters. The Balaban J connectivity index is 3.25. The molecule has 0 spiro atoms. The summed E-state index contributed by atoms with van der Waals surface area (Å²) in [5, 5.41) is 0. The SMILES string of the molecule is NCc1cc(Br)c(I)c(C(F)F)n1. The van der Waals surface area contributed by atoms with Crippen LogP contribution >= 0.6 is 38.5 Å². The lowest BCUT2D eigenvalue weighted by Crippen LogP contribution is -2.04. The number of rotatable bonds is 2. The van der Waals surface area contributed by atoms with Gasteiger partial charge in [-0.25, -0.2) is 13.8 Å². The summed E-state index contributed by atoms with van der Waals surface area (Å²) in [5.41, 5.74) is 5.56. The van der Waals surface area contributed by atoms with Crippen LogP contribution in [0, 0.1) is 3.57 Å². The molecule has 0 amide bonds. The van der Waals surface area contributed by atoms with E-state index in [4.69, 9.17) is 5.73 Å². The Bertz CT molecular complexity index is 320. The highest BCUT2D eigenvalue weighted by atomic mass is 127. The van der Waals surface area contributed by atoms with Crippen molar-refractivity contribution in [1.82, 2.24) is 4.98 Å². The highest BCUT2D eigenvalue weighted by Gasteiger charge is 2.16. The van der Waals surface area contributed by atoms with Gasteiger partial charge in [-0.15, -0.1) is 0 Å². The lowest BCUT2D eigenvalue weighted by molar-refractivity contribution is 0.144. The Labute approximate surface area is 96.2 Å². The molecular weight excluding hydrogens is 357 g/mol. The van der Waals surface area contributed by atoms with Crippen molar-refractivity contribution in [3.63, 3.8) is 0 Å². The van der Waals surface area contributed by atoms with Gasteiger partial charge in [0.05, 0.1) is 9.26 Å². The van der Waals surface area contributed by atoms with Crippen LogP contribution in [0.2, 0.25) is 0 Å². The predicted octanol–water partition coefficient (Wildman–Crippen LogP) is 2.85. The molecule has 0 aliphatic rings. The minimum Gasteiger partial charge on any atom is -0.325 e. The smallest absolute Gasteiger partial charge is 0.281 e. The van der Waals surface area contributed by atoms with Crippen molar-refractivity contribution < 1.29 is 8.78 Å². The first-order valence-corrected chi connectivity index (χ1v) is 5.26. The molecule has 0 radical (unpaired) electrons. The van der Waals surface area contributed by atoms with Gasteiger partial charge in [-0.3, -0.25) is 0 Å². The molecule has 0 fully saturated rings. The molecule has 0 unspecified atom stereocenters. The first-order valence-electron chi connectivity index (χ1n) is 3.39. The third-order valence-corrected chi connectivity index (χ3v) is 3.91. The Kier molecular flexibility index (Phi) is 3.99. The van der Waals surface area contributed by atoms with Crippen LogP contribution in [0.25, 0.3) is 0 Å². The monoisotopic (exact) mass is 362 g/mol. The molecule has 2 nitrogen and oxygen atoms in total. The highest BCUT2D eigenvalue weighted by Crippen LogP contribution is 2.28. The van der Waals surface area contributed by atoms with E-state index >= 15 is 0 Å². The number of halogens is 4. The molecule has 13 heavy (non-hydrogen) atoms. The molecule has 1 aromatic rings. The third kappa shape index (κ3) is 2.57. The minimum atomic E-state index is -2.56. The molecule has 6 heteroatoms. The fourth-order valence-electron chi connectivity index (χ4n) is 0.817. The molecule has 2 N–H and O–H groups in total. The van der Waals surface area contributed by atoms with Crippen molar-refractivity contribution in [2.75, 3.05) is 0 Å². The molecule has 0 saturated carbocycles. The molecule has 1 heterocycles. The second-order valence-corrected chi connectivity index (χ2v) is 4.23. The summed E-state index contributed by atoms with van der Waals surface area (Å²) < 4.78 is 25.8. The summed E-state index contributed by atoms with van der Waals surface area (Å²) in [6.07, 6.45) is -2.56. The standard InChI is InChI=1S/C7H6BrF2IN2/c8-4-1-3(2-12)13-6(5(4)11)7(9)10/h1,7H,2,12H2. The molecule has 0 bridgehead atoms. The van der Waals surface area contributed by atoms with Crippen LogP contribution in [-0.4, -0.2) is 4.98 Å². The van der Waals surface area contributed by atoms with Crippen LogP contribution in [0.15, 0.2) is 10.5 Å². The van der Waals surface area contributed by atoms with Gasteiger partial charge < -0.3 is 5.73 Å². The van der Waals surface area contributed by atoms with Gasteiger partial charge in [0.2, 0.25) is 0 Å². The summed E-state index contributed by atoms with van der Waals surface area (Å²) in [7, 11) is 0. The summed E-state index contributed by atoms with van der Waals surface area (Å²) in [5.74, 6) is 0. The fraction of sp³-hybridized carbons (Fsp3) is 0.286. The van der Waals surface area contributed by atoms with Gasteiger partial charge in [-0.1, -0.05) is 0 Å². The zero-order valence-electron chi connectivity index (χ0n) is 6.40. The molecule has 0 aliphatic carbocycles. The van der Waals surface area contributed by atoms with Gasteiger partial charge in [-0.2, -0.15) is 0 Å². The number of hydrogen-bond donors (Lipinski definition) is 1. The average molecular weight is 363 g/mol. The zero-order chi connectivity index (χ0) is 10.0. The number of alkyl halides is 2. The maximum atomic E-state index is 12.4. The second kappa shape index (κ2) is 4.61. The first-order chi connectivity index (χ1) is 6.06. The van der Waals surface area contributed by atoms with Gasteiger partial charge >= 0.3 is 0 Å². The average Bonchev–Trinajstić information content (AvgIpc) is 2.09. The summed E-state index contributed by atoms with van der Waals surface area (Å²) in [6.45, 7) is 0.162. The van der Waals surface area contributed by atoms with Crippen LogP contribution in [0.1, 0.15) is 17.8 Å². The van der Waals surface area contributed by atoms with Crippen molar-refractivity contribution in [2.24, 2.45) is 5.73 Å². The number of pyridine rings is 1. The minimum absolute atomic E-state index is 0.162. The molecule has 1 rings (SSSR count). The van der Waals surface area contributed by atoms with E-state index in [1.54, 1.807) is 6.07 Å². The number of nitrogens with zero attached hydrogens (tertiary/aromatic N) is 1. The van der Waals surface area contributed by atoms with Crippen molar-refractivity contribution in [1.29, 1.82) is 0 Å². The zero-order valence-corrected chi connectivity index (χ0v) is 10.1. The van der Waals surface area contributed by atoms with Gasteiger partial charge in [0, 0.05) is 11.0 Å². The van der Waals surface area contributed by atoms with Crippen LogP contribution in [-0.2, 0) is 6.54 Å². The maximum absolute atomic E-state index is 12.4. The van der Waals surface area contributed by atoms with Crippen LogP contribution < -0.4 is 5.73 Å². The number of aromatic nitrogens is 1. The van der Waals surface area contributed by atoms with Crippen molar-refractivity contribution in [3.8, 4) is 0 Å². The van der Waals surface area contributed by atoms with E-state index in [0.29, 0.717) is 13.7 Å². The normalized spacial score (nSPS) is 10.9. The highest BCUT2D eigenvalue weighted by molar-refractivity contribution is 14.1. The van der Waals surface area contributed by atoms with E-state index in [1.165, 1.54) is 0 Å². The molecule has 0 aromatic carbocycles. The maximum Gasteiger partial charge on any atom is 0.281 e. The summed E-state index contributed by atoms with van der Waals surface area (Å²) in [4.78, 5) is 3.74. The van der Waals surface area contributed by atoms with Crippen LogP contribution in [0.3, 0.4) is 0 Å². The van der Waals surface area contributed by atoms with E-state index < -0.39 is 6.43 Å². The van der Waals surface area contributed by atoms with Crippen LogP contribution in [0.4, 0.5) is 8.78 Å².